The fourth-order valence-electron chi connectivity index (χ4n) is 5.25. The molecule has 6 rings (SSSR count). The van der Waals surface area contributed by atoms with E-state index >= 15 is 0 Å². The van der Waals surface area contributed by atoms with E-state index < -0.39 is 5.41 Å². The lowest BCUT2D eigenvalue weighted by atomic mass is 9.83. The minimum atomic E-state index is -0.531. The molecule has 192 valence electrons. The highest BCUT2D eigenvalue weighted by atomic mass is 16.5. The first-order valence-electron chi connectivity index (χ1n) is 13.0. The highest BCUT2D eigenvalue weighted by Crippen LogP contribution is 2.40. The SMILES string of the molecule is N#CC1(c2cc(-c3cnc(N)c(-c4cc(-c5ccc(CN[C@H]6CCOC6)cc5)no4)n3)ccn2)CCCC1. The number of pyridine rings is 1. The summed E-state index contributed by atoms with van der Waals surface area (Å²) in [6.45, 7) is 2.40. The summed E-state index contributed by atoms with van der Waals surface area (Å²) in [6.07, 6.45) is 8.14. The Bertz CT molecular complexity index is 1460. The van der Waals surface area contributed by atoms with Gasteiger partial charge in [0.15, 0.2) is 17.3 Å². The Morgan fingerprint density at radius 3 is 2.66 bits per heavy atom. The number of benzene rings is 1. The van der Waals surface area contributed by atoms with E-state index in [4.69, 9.17) is 20.0 Å². The number of ether oxygens (including phenoxy) is 1. The van der Waals surface area contributed by atoms with Gasteiger partial charge in [-0.15, -0.1) is 0 Å². The first-order valence-corrected chi connectivity index (χ1v) is 13.0. The molecule has 3 aromatic heterocycles. The minimum Gasteiger partial charge on any atom is -0.382 e. The molecular formula is C29H29N7O2. The molecule has 0 bridgehead atoms. The molecule has 0 radical (unpaired) electrons. The highest BCUT2D eigenvalue weighted by Gasteiger charge is 2.37. The molecular weight excluding hydrogens is 478 g/mol. The molecule has 0 unspecified atom stereocenters. The molecule has 9 nitrogen and oxygen atoms in total. The number of anilines is 1. The molecule has 2 aliphatic rings. The van der Waals surface area contributed by atoms with Gasteiger partial charge in [0.2, 0.25) is 0 Å². The van der Waals surface area contributed by atoms with Gasteiger partial charge >= 0.3 is 0 Å². The molecule has 1 atom stereocenters. The first-order chi connectivity index (χ1) is 18.6. The monoisotopic (exact) mass is 507 g/mol. The van der Waals surface area contributed by atoms with Crippen molar-refractivity contribution in [2.24, 2.45) is 0 Å². The van der Waals surface area contributed by atoms with E-state index in [1.165, 1.54) is 5.56 Å². The van der Waals surface area contributed by atoms with Gasteiger partial charge in [-0.05, 0) is 37.0 Å². The van der Waals surface area contributed by atoms with Crippen molar-refractivity contribution in [3.63, 3.8) is 0 Å². The molecule has 4 aromatic rings. The van der Waals surface area contributed by atoms with E-state index in [9.17, 15) is 5.26 Å². The van der Waals surface area contributed by atoms with Crippen LogP contribution in [0.15, 0.2) is 59.4 Å². The third-order valence-electron chi connectivity index (χ3n) is 7.54. The molecule has 1 aliphatic carbocycles. The van der Waals surface area contributed by atoms with Crippen molar-refractivity contribution >= 4 is 5.82 Å². The third-order valence-corrected chi connectivity index (χ3v) is 7.54. The van der Waals surface area contributed by atoms with Crippen LogP contribution in [0.3, 0.4) is 0 Å². The summed E-state index contributed by atoms with van der Waals surface area (Å²) >= 11 is 0. The summed E-state index contributed by atoms with van der Waals surface area (Å²) in [7, 11) is 0. The third kappa shape index (κ3) is 4.76. The van der Waals surface area contributed by atoms with Crippen molar-refractivity contribution < 1.29 is 9.26 Å². The lowest BCUT2D eigenvalue weighted by Gasteiger charge is -2.19. The zero-order valence-corrected chi connectivity index (χ0v) is 21.1. The van der Waals surface area contributed by atoms with Gasteiger partial charge < -0.3 is 20.3 Å². The Balaban J connectivity index is 1.22. The lowest BCUT2D eigenvalue weighted by molar-refractivity contribution is 0.190. The minimum absolute atomic E-state index is 0.257. The van der Waals surface area contributed by atoms with E-state index in [0.717, 1.165) is 68.7 Å². The predicted octanol–water partition coefficient (Wildman–Crippen LogP) is 4.66. The number of nitrogens with one attached hydrogen (secondary N) is 1. The predicted molar refractivity (Wildman–Crippen MR) is 142 cm³/mol. The van der Waals surface area contributed by atoms with E-state index in [2.05, 4.69) is 38.6 Å². The number of hydrogen-bond acceptors (Lipinski definition) is 9. The molecule has 38 heavy (non-hydrogen) atoms. The normalized spacial score (nSPS) is 18.4. The van der Waals surface area contributed by atoms with E-state index in [-0.39, 0.29) is 5.82 Å². The average Bonchev–Trinajstić information content (AvgIpc) is 3.75. The van der Waals surface area contributed by atoms with Crippen LogP contribution in [-0.4, -0.2) is 39.4 Å². The quantitative estimate of drug-likeness (QED) is 0.366. The van der Waals surface area contributed by atoms with Crippen molar-refractivity contribution in [1.29, 1.82) is 5.26 Å². The first kappa shape index (κ1) is 24.2. The van der Waals surface area contributed by atoms with Gasteiger partial charge in [-0.3, -0.25) is 4.98 Å². The fraction of sp³-hybridized carbons (Fsp3) is 0.345. The Morgan fingerprint density at radius 1 is 1.05 bits per heavy atom. The Kier molecular flexibility index (Phi) is 6.58. The van der Waals surface area contributed by atoms with E-state index in [0.29, 0.717) is 28.9 Å². The zero-order chi connectivity index (χ0) is 26.0. The maximum Gasteiger partial charge on any atom is 0.189 e. The van der Waals surface area contributed by atoms with Crippen LogP contribution >= 0.6 is 0 Å². The van der Waals surface area contributed by atoms with Crippen molar-refractivity contribution in [1.82, 2.24) is 25.4 Å². The molecule has 1 saturated heterocycles. The average molecular weight is 508 g/mol. The van der Waals surface area contributed by atoms with Crippen molar-refractivity contribution in [2.75, 3.05) is 18.9 Å². The van der Waals surface area contributed by atoms with Gasteiger partial charge in [-0.2, -0.15) is 5.26 Å². The second-order valence-electron chi connectivity index (χ2n) is 10.0. The second kappa shape index (κ2) is 10.3. The number of nitriles is 1. The largest absolute Gasteiger partial charge is 0.382 e. The van der Waals surface area contributed by atoms with Crippen LogP contribution in [0.25, 0.3) is 34.0 Å². The molecule has 9 heteroatoms. The van der Waals surface area contributed by atoms with E-state index in [1.807, 2.05) is 30.3 Å². The number of hydrogen-bond donors (Lipinski definition) is 2. The number of aromatic nitrogens is 4. The van der Waals surface area contributed by atoms with Crippen molar-refractivity contribution in [3.8, 4) is 40.0 Å². The maximum absolute atomic E-state index is 9.88. The maximum atomic E-state index is 9.88. The fourth-order valence-corrected chi connectivity index (χ4v) is 5.25. The van der Waals surface area contributed by atoms with Gasteiger partial charge in [0.05, 0.1) is 35.7 Å². The molecule has 1 aliphatic heterocycles. The number of rotatable bonds is 7. The summed E-state index contributed by atoms with van der Waals surface area (Å²) < 4.78 is 11.1. The van der Waals surface area contributed by atoms with Gasteiger partial charge in [0.25, 0.3) is 0 Å². The second-order valence-corrected chi connectivity index (χ2v) is 10.0. The summed E-state index contributed by atoms with van der Waals surface area (Å²) in [5.74, 6) is 0.699. The van der Waals surface area contributed by atoms with Crippen LogP contribution < -0.4 is 11.1 Å². The summed E-state index contributed by atoms with van der Waals surface area (Å²) in [5, 5.41) is 17.7. The number of nitrogens with two attached hydrogens (primary N) is 1. The molecule has 4 heterocycles. The van der Waals surface area contributed by atoms with Crippen LogP contribution in [0.2, 0.25) is 0 Å². The van der Waals surface area contributed by atoms with Crippen molar-refractivity contribution in [2.45, 2.75) is 50.1 Å². The van der Waals surface area contributed by atoms with Crippen LogP contribution in [0.5, 0.6) is 0 Å². The topological polar surface area (TPSA) is 136 Å². The Hall–Kier alpha value is -4.13. The standard InChI is InChI=1S/C29H29N7O2/c30-18-29(9-1-2-10-29)26-13-21(7-11-32-26)24-16-34-28(31)27(35-24)25-14-23(36-38-25)20-5-3-19(4-6-20)15-33-22-8-12-37-17-22/h3-7,11,13-14,16,22,33H,1-2,8-10,12,15,17H2,(H2,31,34)/t22-/m0/s1. The van der Waals surface area contributed by atoms with Crippen molar-refractivity contribution in [3.05, 3.63) is 66.1 Å². The van der Waals surface area contributed by atoms with Crippen LogP contribution in [0.4, 0.5) is 5.82 Å². The van der Waals surface area contributed by atoms with Gasteiger partial charge in [-0.25, -0.2) is 9.97 Å². The molecule has 1 saturated carbocycles. The molecule has 0 spiro atoms. The summed E-state index contributed by atoms with van der Waals surface area (Å²) in [5.41, 5.74) is 11.2. The molecule has 0 amide bonds. The summed E-state index contributed by atoms with van der Waals surface area (Å²) in [4.78, 5) is 13.7. The Labute approximate surface area is 221 Å². The smallest absolute Gasteiger partial charge is 0.189 e. The molecule has 2 fully saturated rings. The van der Waals surface area contributed by atoms with Crippen LogP contribution in [-0.2, 0) is 16.7 Å². The molecule has 1 aromatic carbocycles. The van der Waals surface area contributed by atoms with E-state index in [1.54, 1.807) is 12.4 Å². The number of nitrogen functional groups attached to an aromatic ring is 1. The molecule has 3 N–H and O–H groups in total. The summed E-state index contributed by atoms with van der Waals surface area (Å²) in [6, 6.07) is 16.8. The lowest BCUT2D eigenvalue weighted by Crippen LogP contribution is -2.28. The van der Waals surface area contributed by atoms with Gasteiger partial charge in [0, 0.05) is 42.6 Å². The van der Waals surface area contributed by atoms with Gasteiger partial charge in [-0.1, -0.05) is 42.3 Å². The van der Waals surface area contributed by atoms with Crippen LogP contribution in [0, 0.1) is 11.3 Å². The Morgan fingerprint density at radius 2 is 1.89 bits per heavy atom. The number of nitrogens with zero attached hydrogens (tertiary/aromatic N) is 5. The highest BCUT2D eigenvalue weighted by molar-refractivity contribution is 5.73. The van der Waals surface area contributed by atoms with Gasteiger partial charge in [0.1, 0.15) is 5.69 Å². The van der Waals surface area contributed by atoms with Crippen LogP contribution in [0.1, 0.15) is 43.4 Å². The zero-order valence-electron chi connectivity index (χ0n) is 21.1.